The van der Waals surface area contributed by atoms with Gasteiger partial charge in [0, 0.05) is 21.0 Å². The van der Waals surface area contributed by atoms with Crippen LogP contribution in [0.4, 0.5) is 0 Å². The highest BCUT2D eigenvalue weighted by Gasteiger charge is 2.30. The van der Waals surface area contributed by atoms with Crippen LogP contribution in [0.1, 0.15) is 57.8 Å². The van der Waals surface area contributed by atoms with Crippen LogP contribution >= 0.6 is 31.9 Å². The van der Waals surface area contributed by atoms with E-state index in [1.54, 1.807) is 48.5 Å². The molecule has 10 heteroatoms. The van der Waals surface area contributed by atoms with Gasteiger partial charge in [-0.1, -0.05) is 31.9 Å². The van der Waals surface area contributed by atoms with E-state index < -0.39 is 20.0 Å². The average Bonchev–Trinajstić information content (AvgIpc) is 2.82. The van der Waals surface area contributed by atoms with Crippen molar-refractivity contribution in [3.05, 3.63) is 57.5 Å². The molecular formula is C25H32Br2N2O4S2. The van der Waals surface area contributed by atoms with Crippen LogP contribution in [0.3, 0.4) is 0 Å². The number of rotatable bonds is 8. The van der Waals surface area contributed by atoms with Crippen LogP contribution in [0, 0.1) is 11.8 Å². The first-order valence-corrected chi connectivity index (χ1v) is 16.7. The topological polar surface area (TPSA) is 92.3 Å². The summed E-state index contributed by atoms with van der Waals surface area (Å²) in [5.41, 5.74) is 0. The lowest BCUT2D eigenvalue weighted by Crippen LogP contribution is -2.39. The SMILES string of the molecule is O=S(=O)(NC1CCC(CC2CCC(NS(=O)(=O)c3ccc(Br)cc3)CC2)CC1)c1ccc(Br)cc1. The molecule has 35 heavy (non-hydrogen) atoms. The van der Waals surface area contributed by atoms with Crippen molar-refractivity contribution in [2.24, 2.45) is 11.8 Å². The molecule has 0 spiro atoms. The van der Waals surface area contributed by atoms with Gasteiger partial charge in [0.1, 0.15) is 0 Å². The van der Waals surface area contributed by atoms with Crippen LogP contribution < -0.4 is 9.44 Å². The molecule has 0 atom stereocenters. The number of hydrogen-bond donors (Lipinski definition) is 2. The Balaban J connectivity index is 1.19. The quantitative estimate of drug-likeness (QED) is 0.369. The molecule has 0 radical (unpaired) electrons. The molecule has 0 saturated heterocycles. The van der Waals surface area contributed by atoms with Gasteiger partial charge in [0.15, 0.2) is 0 Å². The van der Waals surface area contributed by atoms with Gasteiger partial charge in [0.25, 0.3) is 0 Å². The summed E-state index contributed by atoms with van der Waals surface area (Å²) in [6, 6.07) is 13.4. The number of nitrogens with one attached hydrogen (secondary N) is 2. The maximum atomic E-state index is 12.7. The largest absolute Gasteiger partial charge is 0.240 e. The summed E-state index contributed by atoms with van der Waals surface area (Å²) in [6.07, 6.45) is 8.73. The lowest BCUT2D eigenvalue weighted by molar-refractivity contribution is 0.218. The van der Waals surface area contributed by atoms with E-state index in [1.807, 2.05) is 0 Å². The molecule has 0 heterocycles. The molecule has 4 rings (SSSR count). The van der Waals surface area contributed by atoms with Crippen LogP contribution in [0.15, 0.2) is 67.3 Å². The highest BCUT2D eigenvalue weighted by Crippen LogP contribution is 2.36. The zero-order valence-corrected chi connectivity index (χ0v) is 24.3. The Morgan fingerprint density at radius 2 is 0.886 bits per heavy atom. The molecule has 2 saturated carbocycles. The second-order valence-electron chi connectivity index (χ2n) is 9.82. The fraction of sp³-hybridized carbons (Fsp3) is 0.520. The lowest BCUT2D eigenvalue weighted by Gasteiger charge is -2.34. The Bertz CT molecular complexity index is 1090. The van der Waals surface area contributed by atoms with Crippen molar-refractivity contribution >= 4 is 51.9 Å². The van der Waals surface area contributed by atoms with E-state index in [2.05, 4.69) is 41.3 Å². The van der Waals surface area contributed by atoms with Gasteiger partial charge in [-0.2, -0.15) is 0 Å². The zero-order chi connectivity index (χ0) is 25.1. The van der Waals surface area contributed by atoms with Gasteiger partial charge in [0.2, 0.25) is 20.0 Å². The Morgan fingerprint density at radius 1 is 0.571 bits per heavy atom. The van der Waals surface area contributed by atoms with Gasteiger partial charge >= 0.3 is 0 Å². The summed E-state index contributed by atoms with van der Waals surface area (Å²) in [5, 5.41) is 0. The molecule has 2 aromatic rings. The summed E-state index contributed by atoms with van der Waals surface area (Å²) in [4.78, 5) is 0.602. The number of hydrogen-bond acceptors (Lipinski definition) is 4. The van der Waals surface area contributed by atoms with Crippen LogP contribution in [0.2, 0.25) is 0 Å². The van der Waals surface area contributed by atoms with E-state index in [0.29, 0.717) is 21.6 Å². The average molecular weight is 648 g/mol. The minimum absolute atomic E-state index is 0.0105. The molecule has 2 N–H and O–H groups in total. The minimum atomic E-state index is -3.49. The van der Waals surface area contributed by atoms with Gasteiger partial charge in [0.05, 0.1) is 9.79 Å². The molecule has 2 aliphatic rings. The van der Waals surface area contributed by atoms with Crippen LogP contribution in [0.25, 0.3) is 0 Å². The van der Waals surface area contributed by atoms with E-state index >= 15 is 0 Å². The third-order valence-electron chi connectivity index (χ3n) is 7.25. The molecule has 2 aromatic carbocycles. The summed E-state index contributed by atoms with van der Waals surface area (Å²) in [6.45, 7) is 0. The van der Waals surface area contributed by atoms with E-state index in [4.69, 9.17) is 0 Å². The molecule has 0 aliphatic heterocycles. The molecule has 0 unspecified atom stereocenters. The minimum Gasteiger partial charge on any atom is -0.208 e. The molecule has 0 amide bonds. The number of sulfonamides is 2. The molecule has 0 bridgehead atoms. The fourth-order valence-corrected chi connectivity index (χ4v) is 8.44. The Hall–Kier alpha value is -0.780. The fourth-order valence-electron chi connectivity index (χ4n) is 5.31. The Labute approximate surface area is 226 Å². The Kier molecular flexibility index (Phi) is 9.14. The standard InChI is InChI=1S/C25H32Br2N2O4S2/c26-20-5-13-24(14-6-20)34(30,31)28-22-9-1-18(2-10-22)17-19-3-11-23(12-4-19)29-35(32,33)25-15-7-21(27)8-16-25/h5-8,13-16,18-19,22-23,28-29H,1-4,9-12,17H2. The molecule has 6 nitrogen and oxygen atoms in total. The van der Waals surface area contributed by atoms with Crippen molar-refractivity contribution in [3.8, 4) is 0 Å². The summed E-state index contributed by atoms with van der Waals surface area (Å²) >= 11 is 6.68. The first-order chi connectivity index (χ1) is 16.6. The summed E-state index contributed by atoms with van der Waals surface area (Å²) in [5.74, 6) is 1.23. The molecule has 0 aromatic heterocycles. The van der Waals surface area contributed by atoms with E-state index in [9.17, 15) is 16.8 Å². The maximum absolute atomic E-state index is 12.7. The summed E-state index contributed by atoms with van der Waals surface area (Å²) in [7, 11) is -6.99. The van der Waals surface area contributed by atoms with Gasteiger partial charge in [-0.05, 0) is 118 Å². The van der Waals surface area contributed by atoms with E-state index in [1.165, 1.54) is 0 Å². The lowest BCUT2D eigenvalue weighted by atomic mass is 9.76. The van der Waals surface area contributed by atoms with Crippen LogP contribution in [-0.4, -0.2) is 28.9 Å². The van der Waals surface area contributed by atoms with Crippen molar-refractivity contribution in [2.45, 2.75) is 79.7 Å². The molecule has 2 fully saturated rings. The zero-order valence-electron chi connectivity index (χ0n) is 19.5. The first-order valence-electron chi connectivity index (χ1n) is 12.2. The van der Waals surface area contributed by atoms with Gasteiger partial charge < -0.3 is 0 Å². The number of benzene rings is 2. The van der Waals surface area contributed by atoms with Crippen molar-refractivity contribution < 1.29 is 16.8 Å². The maximum Gasteiger partial charge on any atom is 0.240 e. The second kappa shape index (κ2) is 11.7. The molecular weight excluding hydrogens is 616 g/mol. The van der Waals surface area contributed by atoms with Crippen molar-refractivity contribution in [3.63, 3.8) is 0 Å². The predicted molar refractivity (Wildman–Crippen MR) is 145 cm³/mol. The molecule has 192 valence electrons. The van der Waals surface area contributed by atoms with Gasteiger partial charge in [-0.15, -0.1) is 0 Å². The van der Waals surface area contributed by atoms with Crippen molar-refractivity contribution in [1.29, 1.82) is 0 Å². The highest BCUT2D eigenvalue weighted by atomic mass is 79.9. The third kappa shape index (κ3) is 7.61. The summed E-state index contributed by atoms with van der Waals surface area (Å²) < 4.78 is 58.2. The van der Waals surface area contributed by atoms with Crippen LogP contribution in [-0.2, 0) is 20.0 Å². The molecule has 2 aliphatic carbocycles. The predicted octanol–water partition coefficient (Wildman–Crippen LogP) is 5.98. The first kappa shape index (κ1) is 27.3. The third-order valence-corrected chi connectivity index (χ3v) is 11.4. The van der Waals surface area contributed by atoms with Gasteiger partial charge in [-0.3, -0.25) is 0 Å². The van der Waals surface area contributed by atoms with Crippen molar-refractivity contribution in [2.75, 3.05) is 0 Å². The number of halogens is 2. The van der Waals surface area contributed by atoms with E-state index in [0.717, 1.165) is 66.7 Å². The monoisotopic (exact) mass is 646 g/mol. The Morgan fingerprint density at radius 3 is 1.20 bits per heavy atom. The second-order valence-corrected chi connectivity index (χ2v) is 15.1. The highest BCUT2D eigenvalue weighted by molar-refractivity contribution is 9.10. The van der Waals surface area contributed by atoms with Crippen molar-refractivity contribution in [1.82, 2.24) is 9.44 Å². The van der Waals surface area contributed by atoms with Gasteiger partial charge in [-0.25, -0.2) is 26.3 Å². The van der Waals surface area contributed by atoms with Crippen LogP contribution in [0.5, 0.6) is 0 Å². The normalized spacial score (nSPS) is 25.9. The smallest absolute Gasteiger partial charge is 0.208 e. The van der Waals surface area contributed by atoms with E-state index in [-0.39, 0.29) is 12.1 Å².